The lowest BCUT2D eigenvalue weighted by Crippen LogP contribution is -2.17. The Labute approximate surface area is 163 Å². The lowest BCUT2D eigenvalue weighted by molar-refractivity contribution is 0.190. The Hall–Kier alpha value is -2.57. The van der Waals surface area contributed by atoms with Crippen LogP contribution in [0.15, 0.2) is 58.9 Å². The number of ether oxygens (including phenoxy) is 3. The Morgan fingerprint density at radius 2 is 1.52 bits per heavy atom. The van der Waals surface area contributed by atoms with Gasteiger partial charge in [0.25, 0.3) is 0 Å². The number of methoxy groups -OCH3 is 3. The summed E-state index contributed by atoms with van der Waals surface area (Å²) in [5.41, 5.74) is 3.19. The lowest BCUT2D eigenvalue weighted by Gasteiger charge is -2.10. The smallest absolute Gasteiger partial charge is 0.190 e. The van der Waals surface area contributed by atoms with Crippen molar-refractivity contribution in [1.29, 1.82) is 0 Å². The van der Waals surface area contributed by atoms with Gasteiger partial charge in [-0.2, -0.15) is 0 Å². The predicted octanol–water partition coefficient (Wildman–Crippen LogP) is 4.50. The SMILES string of the molecule is COCCCn1c(-c2ccc(OC)cc2)csc1=Nc1ccc(OC)cc1. The normalized spacial score (nSPS) is 11.6. The van der Waals surface area contributed by atoms with E-state index in [0.717, 1.165) is 46.2 Å². The van der Waals surface area contributed by atoms with Crippen molar-refractivity contribution in [3.05, 3.63) is 58.7 Å². The Balaban J connectivity index is 1.99. The molecule has 0 aliphatic heterocycles. The second kappa shape index (κ2) is 9.39. The van der Waals surface area contributed by atoms with Gasteiger partial charge < -0.3 is 18.8 Å². The topological polar surface area (TPSA) is 45.0 Å². The highest BCUT2D eigenvalue weighted by Crippen LogP contribution is 2.24. The molecule has 142 valence electrons. The van der Waals surface area contributed by atoms with E-state index in [2.05, 4.69) is 22.1 Å². The fourth-order valence-electron chi connectivity index (χ4n) is 2.76. The number of benzene rings is 2. The highest BCUT2D eigenvalue weighted by atomic mass is 32.1. The fourth-order valence-corrected chi connectivity index (χ4v) is 3.72. The third kappa shape index (κ3) is 4.78. The molecule has 0 aliphatic rings. The molecule has 0 spiro atoms. The van der Waals surface area contributed by atoms with Gasteiger partial charge >= 0.3 is 0 Å². The summed E-state index contributed by atoms with van der Waals surface area (Å²) in [5, 5.41) is 2.15. The number of hydrogen-bond donors (Lipinski definition) is 0. The van der Waals surface area contributed by atoms with Crippen molar-refractivity contribution in [3.63, 3.8) is 0 Å². The van der Waals surface area contributed by atoms with Gasteiger partial charge in [0.1, 0.15) is 11.5 Å². The average Bonchev–Trinajstić information content (AvgIpc) is 3.11. The summed E-state index contributed by atoms with van der Waals surface area (Å²) in [6.45, 7) is 1.56. The summed E-state index contributed by atoms with van der Waals surface area (Å²) in [7, 11) is 5.07. The van der Waals surface area contributed by atoms with Crippen LogP contribution < -0.4 is 14.3 Å². The molecule has 0 radical (unpaired) electrons. The third-order valence-electron chi connectivity index (χ3n) is 4.21. The number of rotatable bonds is 8. The number of hydrogen-bond acceptors (Lipinski definition) is 5. The summed E-state index contributed by atoms with van der Waals surface area (Å²) in [6, 6.07) is 15.9. The molecule has 6 heteroatoms. The number of aromatic nitrogens is 1. The maximum absolute atomic E-state index is 5.27. The van der Waals surface area contributed by atoms with Crippen LogP contribution in [0.3, 0.4) is 0 Å². The number of nitrogens with zero attached hydrogens (tertiary/aromatic N) is 2. The highest BCUT2D eigenvalue weighted by molar-refractivity contribution is 7.07. The van der Waals surface area contributed by atoms with Gasteiger partial charge in [0.15, 0.2) is 4.80 Å². The van der Waals surface area contributed by atoms with Crippen LogP contribution in [0.1, 0.15) is 6.42 Å². The Bertz CT molecular complexity index is 912. The van der Waals surface area contributed by atoms with Crippen molar-refractivity contribution in [2.75, 3.05) is 27.9 Å². The minimum absolute atomic E-state index is 0.715. The van der Waals surface area contributed by atoms with Crippen LogP contribution in [-0.2, 0) is 11.3 Å². The molecular weight excluding hydrogens is 360 g/mol. The molecule has 0 aliphatic carbocycles. The summed E-state index contributed by atoms with van der Waals surface area (Å²) in [5.74, 6) is 1.68. The molecule has 2 aromatic carbocycles. The minimum atomic E-state index is 0.715. The van der Waals surface area contributed by atoms with E-state index in [-0.39, 0.29) is 0 Å². The Kier molecular flexibility index (Phi) is 6.68. The van der Waals surface area contributed by atoms with E-state index in [1.807, 2.05) is 36.4 Å². The van der Waals surface area contributed by atoms with Crippen molar-refractivity contribution >= 4 is 17.0 Å². The predicted molar refractivity (Wildman–Crippen MR) is 109 cm³/mol. The van der Waals surface area contributed by atoms with Gasteiger partial charge in [-0.25, -0.2) is 4.99 Å². The molecule has 0 atom stereocenters. The van der Waals surface area contributed by atoms with Crippen LogP contribution in [-0.4, -0.2) is 32.5 Å². The zero-order valence-electron chi connectivity index (χ0n) is 15.8. The van der Waals surface area contributed by atoms with Crippen molar-refractivity contribution in [2.45, 2.75) is 13.0 Å². The second-order valence-corrected chi connectivity index (χ2v) is 6.78. The van der Waals surface area contributed by atoms with E-state index in [4.69, 9.17) is 19.2 Å². The summed E-state index contributed by atoms with van der Waals surface area (Å²) < 4.78 is 18.0. The van der Waals surface area contributed by atoms with Crippen LogP contribution in [0, 0.1) is 0 Å². The molecule has 0 saturated heterocycles. The van der Waals surface area contributed by atoms with Gasteiger partial charge in [0.2, 0.25) is 0 Å². The first-order valence-electron chi connectivity index (χ1n) is 8.75. The van der Waals surface area contributed by atoms with E-state index in [1.165, 1.54) is 0 Å². The average molecular weight is 385 g/mol. The van der Waals surface area contributed by atoms with E-state index in [1.54, 1.807) is 32.7 Å². The molecule has 3 aromatic rings. The van der Waals surface area contributed by atoms with Crippen molar-refractivity contribution < 1.29 is 14.2 Å². The van der Waals surface area contributed by atoms with Crippen molar-refractivity contribution in [2.24, 2.45) is 4.99 Å². The van der Waals surface area contributed by atoms with Crippen LogP contribution in [0.25, 0.3) is 11.3 Å². The van der Waals surface area contributed by atoms with E-state index in [0.29, 0.717) is 6.61 Å². The van der Waals surface area contributed by atoms with Gasteiger partial charge in [0.05, 0.1) is 25.6 Å². The quantitative estimate of drug-likeness (QED) is 0.537. The molecule has 5 nitrogen and oxygen atoms in total. The molecule has 1 aromatic heterocycles. The Morgan fingerprint density at radius 1 is 0.889 bits per heavy atom. The van der Waals surface area contributed by atoms with Crippen molar-refractivity contribution in [3.8, 4) is 22.8 Å². The molecule has 0 unspecified atom stereocenters. The lowest BCUT2D eigenvalue weighted by atomic mass is 10.1. The molecule has 0 N–H and O–H groups in total. The molecule has 0 saturated carbocycles. The largest absolute Gasteiger partial charge is 0.497 e. The van der Waals surface area contributed by atoms with E-state index in [9.17, 15) is 0 Å². The van der Waals surface area contributed by atoms with Crippen molar-refractivity contribution in [1.82, 2.24) is 4.57 Å². The maximum atomic E-state index is 5.27. The summed E-state index contributed by atoms with van der Waals surface area (Å²) in [4.78, 5) is 5.80. The maximum Gasteiger partial charge on any atom is 0.190 e. The van der Waals surface area contributed by atoms with E-state index < -0.39 is 0 Å². The number of thiazole rings is 1. The summed E-state index contributed by atoms with van der Waals surface area (Å²) >= 11 is 1.64. The molecule has 0 bridgehead atoms. The molecule has 1 heterocycles. The molecular formula is C21H24N2O3S. The minimum Gasteiger partial charge on any atom is -0.497 e. The molecule has 27 heavy (non-hydrogen) atoms. The van der Waals surface area contributed by atoms with Crippen LogP contribution in [0.5, 0.6) is 11.5 Å². The zero-order chi connectivity index (χ0) is 19.1. The van der Waals surface area contributed by atoms with Crippen LogP contribution >= 0.6 is 11.3 Å². The summed E-state index contributed by atoms with van der Waals surface area (Å²) in [6.07, 6.45) is 0.923. The van der Waals surface area contributed by atoms with E-state index >= 15 is 0 Å². The monoisotopic (exact) mass is 384 g/mol. The first-order valence-corrected chi connectivity index (χ1v) is 9.63. The van der Waals surface area contributed by atoms with Gasteiger partial charge in [-0.3, -0.25) is 0 Å². The third-order valence-corrected chi connectivity index (χ3v) is 5.07. The first kappa shape index (κ1) is 19.2. The standard InChI is InChI=1S/C21H24N2O3S/c1-24-14-4-13-23-20(16-5-9-18(25-2)10-6-16)15-27-21(23)22-17-7-11-19(26-3)12-8-17/h5-12,15H,4,13-14H2,1-3H3. The molecule has 0 fully saturated rings. The zero-order valence-corrected chi connectivity index (χ0v) is 16.7. The molecule has 3 rings (SSSR count). The van der Waals surface area contributed by atoms with Gasteiger partial charge in [-0.05, 0) is 60.5 Å². The second-order valence-electron chi connectivity index (χ2n) is 5.94. The van der Waals surface area contributed by atoms with Gasteiger partial charge in [-0.1, -0.05) is 0 Å². The van der Waals surface area contributed by atoms with Gasteiger partial charge in [0, 0.05) is 25.6 Å². The molecule has 0 amide bonds. The Morgan fingerprint density at radius 3 is 2.11 bits per heavy atom. The highest BCUT2D eigenvalue weighted by Gasteiger charge is 2.09. The van der Waals surface area contributed by atoms with Crippen LogP contribution in [0.4, 0.5) is 5.69 Å². The first-order chi connectivity index (χ1) is 13.2. The van der Waals surface area contributed by atoms with Gasteiger partial charge in [-0.15, -0.1) is 11.3 Å². The van der Waals surface area contributed by atoms with Crippen LogP contribution in [0.2, 0.25) is 0 Å². The fraction of sp³-hybridized carbons (Fsp3) is 0.286.